The number of piperazine rings is 1. The van der Waals surface area contributed by atoms with Gasteiger partial charge in [-0.15, -0.1) is 0 Å². The van der Waals surface area contributed by atoms with Crippen molar-refractivity contribution in [3.63, 3.8) is 0 Å². The van der Waals surface area contributed by atoms with E-state index in [1.807, 2.05) is 6.92 Å². The maximum absolute atomic E-state index is 5.19. The van der Waals surface area contributed by atoms with E-state index in [0.29, 0.717) is 6.04 Å². The molecule has 1 aromatic rings. The van der Waals surface area contributed by atoms with Crippen LogP contribution in [-0.4, -0.2) is 35.6 Å². The van der Waals surface area contributed by atoms with Gasteiger partial charge in [0.15, 0.2) is 5.89 Å². The highest BCUT2D eigenvalue weighted by Crippen LogP contribution is 2.09. The van der Waals surface area contributed by atoms with E-state index < -0.39 is 0 Å². The fraction of sp³-hybridized carbons (Fsp3) is 0.700. The molecule has 1 saturated heterocycles. The summed E-state index contributed by atoms with van der Waals surface area (Å²) in [6, 6.07) is 0.584. The van der Waals surface area contributed by atoms with Gasteiger partial charge in [-0.1, -0.05) is 0 Å². The highest BCUT2D eigenvalue weighted by molar-refractivity contribution is 4.96. The van der Waals surface area contributed by atoms with E-state index in [2.05, 4.69) is 22.1 Å². The van der Waals surface area contributed by atoms with Gasteiger partial charge >= 0.3 is 0 Å². The first-order chi connectivity index (χ1) is 6.75. The lowest BCUT2D eigenvalue weighted by atomic mass is 10.2. The number of rotatable bonds is 2. The molecule has 0 spiro atoms. The maximum atomic E-state index is 5.19. The lowest BCUT2D eigenvalue weighted by molar-refractivity contribution is 0.163. The minimum Gasteiger partial charge on any atom is -0.449 e. The molecule has 0 aliphatic carbocycles. The third kappa shape index (κ3) is 2.13. The lowest BCUT2D eigenvalue weighted by Crippen LogP contribution is -2.49. The molecule has 1 atom stereocenters. The molecule has 14 heavy (non-hydrogen) atoms. The van der Waals surface area contributed by atoms with Crippen LogP contribution < -0.4 is 5.32 Å². The highest BCUT2D eigenvalue weighted by atomic mass is 16.3. The molecule has 0 unspecified atom stereocenters. The fourth-order valence-corrected chi connectivity index (χ4v) is 1.81. The molecule has 0 saturated carbocycles. The van der Waals surface area contributed by atoms with Crippen LogP contribution in [0, 0.1) is 6.92 Å². The minimum atomic E-state index is 0.584. The number of aryl methyl sites for hydroxylation is 1. The van der Waals surface area contributed by atoms with Crippen molar-refractivity contribution in [2.75, 3.05) is 19.6 Å². The predicted molar refractivity (Wildman–Crippen MR) is 54.0 cm³/mol. The Bertz CT molecular complexity index is 297. The SMILES string of the molecule is Cc1nc(CN2CCNC[C@H]2C)co1. The summed E-state index contributed by atoms with van der Waals surface area (Å²) < 4.78 is 5.19. The fourth-order valence-electron chi connectivity index (χ4n) is 1.81. The summed E-state index contributed by atoms with van der Waals surface area (Å²) in [5.74, 6) is 0.753. The van der Waals surface area contributed by atoms with Crippen LogP contribution in [0.1, 0.15) is 18.5 Å². The van der Waals surface area contributed by atoms with Crippen molar-refractivity contribution < 1.29 is 4.42 Å². The summed E-state index contributed by atoms with van der Waals surface area (Å²) in [6.45, 7) is 8.25. The Morgan fingerprint density at radius 2 is 2.57 bits per heavy atom. The van der Waals surface area contributed by atoms with Gasteiger partial charge in [0.2, 0.25) is 0 Å². The smallest absolute Gasteiger partial charge is 0.191 e. The van der Waals surface area contributed by atoms with E-state index in [-0.39, 0.29) is 0 Å². The molecule has 1 N–H and O–H groups in total. The van der Waals surface area contributed by atoms with Crippen LogP contribution in [0.2, 0.25) is 0 Å². The number of nitrogens with zero attached hydrogens (tertiary/aromatic N) is 2. The van der Waals surface area contributed by atoms with Gasteiger partial charge in [-0.25, -0.2) is 4.98 Å². The first-order valence-corrected chi connectivity index (χ1v) is 5.11. The zero-order valence-electron chi connectivity index (χ0n) is 8.79. The Hall–Kier alpha value is -0.870. The van der Waals surface area contributed by atoms with Gasteiger partial charge in [-0.3, -0.25) is 4.90 Å². The van der Waals surface area contributed by atoms with Gasteiger partial charge in [-0.2, -0.15) is 0 Å². The molecule has 2 heterocycles. The number of hydrogen-bond acceptors (Lipinski definition) is 4. The molecule has 1 aromatic heterocycles. The molecule has 0 bridgehead atoms. The Labute approximate surface area is 84.3 Å². The third-order valence-electron chi connectivity index (χ3n) is 2.67. The van der Waals surface area contributed by atoms with Crippen LogP contribution >= 0.6 is 0 Å². The van der Waals surface area contributed by atoms with Gasteiger partial charge in [0.1, 0.15) is 6.26 Å². The van der Waals surface area contributed by atoms with Gasteiger partial charge in [0.25, 0.3) is 0 Å². The molecule has 4 nitrogen and oxygen atoms in total. The van der Waals surface area contributed by atoms with E-state index in [0.717, 1.165) is 37.8 Å². The normalized spacial score (nSPS) is 24.0. The first kappa shape index (κ1) is 9.68. The van der Waals surface area contributed by atoms with Crippen LogP contribution in [0.15, 0.2) is 10.7 Å². The molecule has 1 aliphatic heterocycles. The quantitative estimate of drug-likeness (QED) is 0.757. The Morgan fingerprint density at radius 3 is 3.21 bits per heavy atom. The molecule has 1 aliphatic rings. The maximum Gasteiger partial charge on any atom is 0.191 e. The Morgan fingerprint density at radius 1 is 1.71 bits per heavy atom. The van der Waals surface area contributed by atoms with Gasteiger partial charge in [0, 0.05) is 39.1 Å². The van der Waals surface area contributed by atoms with Gasteiger partial charge in [0.05, 0.1) is 5.69 Å². The van der Waals surface area contributed by atoms with E-state index >= 15 is 0 Å². The monoisotopic (exact) mass is 195 g/mol. The molecule has 2 rings (SSSR count). The van der Waals surface area contributed by atoms with E-state index in [1.165, 1.54) is 0 Å². The summed E-state index contributed by atoms with van der Waals surface area (Å²) in [7, 11) is 0. The van der Waals surface area contributed by atoms with Crippen LogP contribution in [0.5, 0.6) is 0 Å². The van der Waals surface area contributed by atoms with Crippen LogP contribution in [-0.2, 0) is 6.54 Å². The summed E-state index contributed by atoms with van der Waals surface area (Å²) in [6.07, 6.45) is 1.75. The van der Waals surface area contributed by atoms with Crippen LogP contribution in [0.25, 0.3) is 0 Å². The number of hydrogen-bond donors (Lipinski definition) is 1. The molecule has 0 aromatic carbocycles. The van der Waals surface area contributed by atoms with Crippen molar-refractivity contribution in [3.05, 3.63) is 17.8 Å². The Balaban J connectivity index is 1.95. The van der Waals surface area contributed by atoms with Crippen LogP contribution in [0.3, 0.4) is 0 Å². The first-order valence-electron chi connectivity index (χ1n) is 5.11. The summed E-state index contributed by atoms with van der Waals surface area (Å²) >= 11 is 0. The van der Waals surface area contributed by atoms with Gasteiger partial charge in [-0.05, 0) is 6.92 Å². The van der Waals surface area contributed by atoms with Crippen molar-refractivity contribution in [1.29, 1.82) is 0 Å². The van der Waals surface area contributed by atoms with Crippen LogP contribution in [0.4, 0.5) is 0 Å². The average molecular weight is 195 g/mol. The van der Waals surface area contributed by atoms with Gasteiger partial charge < -0.3 is 9.73 Å². The average Bonchev–Trinajstić information content (AvgIpc) is 2.56. The zero-order valence-corrected chi connectivity index (χ0v) is 8.79. The molecule has 1 fully saturated rings. The zero-order chi connectivity index (χ0) is 9.97. The molecule has 0 amide bonds. The standard InChI is InChI=1S/C10H17N3O/c1-8-5-11-3-4-13(8)6-10-7-14-9(2)12-10/h7-8,11H,3-6H2,1-2H3/t8-/m1/s1. The molecular weight excluding hydrogens is 178 g/mol. The highest BCUT2D eigenvalue weighted by Gasteiger charge is 2.18. The molecule has 78 valence electrons. The number of nitrogens with one attached hydrogen (secondary N) is 1. The second-order valence-electron chi connectivity index (χ2n) is 3.88. The topological polar surface area (TPSA) is 41.3 Å². The largest absolute Gasteiger partial charge is 0.449 e. The Kier molecular flexibility index (Phi) is 2.84. The minimum absolute atomic E-state index is 0.584. The molecule has 4 heteroatoms. The second kappa shape index (κ2) is 4.11. The number of aromatic nitrogens is 1. The van der Waals surface area contributed by atoms with Crippen molar-refractivity contribution in [1.82, 2.24) is 15.2 Å². The van der Waals surface area contributed by atoms with Crippen molar-refractivity contribution in [3.8, 4) is 0 Å². The van der Waals surface area contributed by atoms with E-state index in [4.69, 9.17) is 4.42 Å². The summed E-state index contributed by atoms with van der Waals surface area (Å²) in [5.41, 5.74) is 1.04. The third-order valence-corrected chi connectivity index (χ3v) is 2.67. The van der Waals surface area contributed by atoms with Crippen molar-refractivity contribution in [2.45, 2.75) is 26.4 Å². The van der Waals surface area contributed by atoms with E-state index in [1.54, 1.807) is 6.26 Å². The second-order valence-corrected chi connectivity index (χ2v) is 3.88. The van der Waals surface area contributed by atoms with Crippen molar-refractivity contribution >= 4 is 0 Å². The molecular formula is C10H17N3O. The lowest BCUT2D eigenvalue weighted by Gasteiger charge is -2.33. The summed E-state index contributed by atoms with van der Waals surface area (Å²) in [5, 5.41) is 3.37. The molecule has 0 radical (unpaired) electrons. The van der Waals surface area contributed by atoms with E-state index in [9.17, 15) is 0 Å². The predicted octanol–water partition coefficient (Wildman–Crippen LogP) is 0.777. The summed E-state index contributed by atoms with van der Waals surface area (Å²) in [4.78, 5) is 6.73. The van der Waals surface area contributed by atoms with Crippen molar-refractivity contribution in [2.24, 2.45) is 0 Å². The number of oxazole rings is 1.